The maximum absolute atomic E-state index is 10.9. The topological polar surface area (TPSA) is 111 Å². The van der Waals surface area contributed by atoms with E-state index in [1.165, 1.54) is 20.3 Å². The molecule has 0 bridgehead atoms. The molecule has 10 heteroatoms. The van der Waals surface area contributed by atoms with Gasteiger partial charge >= 0.3 is 0 Å². The van der Waals surface area contributed by atoms with Crippen molar-refractivity contribution in [3.8, 4) is 22.6 Å². The van der Waals surface area contributed by atoms with E-state index in [1.54, 1.807) is 17.2 Å². The molecule has 33 heavy (non-hydrogen) atoms. The number of hydrogen-bond acceptors (Lipinski definition) is 7. The molecule has 1 atom stereocenters. The standard InChI is InChI=1S/C16H13Cl2N3O2.C7H11NO2/c1-22-11-6-12(23-2)15(18)13(14(11)17)8-3-4-10-9(5-8)7-20-16(19)21-10;1-2-7(10)8-4-3-6(9)5-8/h3-7H,1-2H3,(H2,19,20,21);2,6,9H,1,3-5H2. The fourth-order valence-corrected chi connectivity index (χ4v) is 4.13. The minimum atomic E-state index is -0.330. The molecule has 1 aliphatic rings. The van der Waals surface area contributed by atoms with Crippen LogP contribution in [0.4, 0.5) is 5.95 Å². The van der Waals surface area contributed by atoms with Crippen molar-refractivity contribution >= 4 is 46.0 Å². The number of benzene rings is 2. The lowest BCUT2D eigenvalue weighted by Gasteiger charge is -2.15. The molecule has 0 radical (unpaired) electrons. The fourth-order valence-electron chi connectivity index (χ4n) is 3.41. The normalized spacial score (nSPS) is 15.1. The Labute approximate surface area is 201 Å². The lowest BCUT2D eigenvalue weighted by Crippen LogP contribution is -2.27. The minimum Gasteiger partial charge on any atom is -0.495 e. The zero-order valence-electron chi connectivity index (χ0n) is 18.2. The molecule has 3 N–H and O–H groups in total. The number of likely N-dealkylation sites (tertiary alicyclic amines) is 1. The summed E-state index contributed by atoms with van der Waals surface area (Å²) in [6.07, 6.45) is 3.29. The van der Waals surface area contributed by atoms with E-state index in [0.717, 1.165) is 16.5 Å². The van der Waals surface area contributed by atoms with Crippen molar-refractivity contribution in [3.05, 3.63) is 53.2 Å². The molecule has 4 rings (SSSR count). The van der Waals surface area contributed by atoms with Gasteiger partial charge < -0.3 is 25.2 Å². The number of anilines is 1. The van der Waals surface area contributed by atoms with Crippen LogP contribution in [0.1, 0.15) is 6.42 Å². The van der Waals surface area contributed by atoms with Gasteiger partial charge in [-0.1, -0.05) is 35.8 Å². The Balaban J connectivity index is 0.000000257. The first-order valence-electron chi connectivity index (χ1n) is 10.0. The highest BCUT2D eigenvalue weighted by Crippen LogP contribution is 2.46. The van der Waals surface area contributed by atoms with Crippen LogP contribution in [0.5, 0.6) is 11.5 Å². The first-order valence-corrected chi connectivity index (χ1v) is 10.8. The van der Waals surface area contributed by atoms with Gasteiger partial charge in [-0.3, -0.25) is 4.79 Å². The number of carbonyl (C=O) groups is 1. The van der Waals surface area contributed by atoms with Crippen LogP contribution >= 0.6 is 23.2 Å². The average molecular weight is 491 g/mol. The summed E-state index contributed by atoms with van der Waals surface area (Å²) in [6, 6.07) is 7.24. The molecule has 2 aromatic carbocycles. The molecule has 0 aliphatic carbocycles. The highest BCUT2D eigenvalue weighted by atomic mass is 35.5. The van der Waals surface area contributed by atoms with E-state index in [-0.39, 0.29) is 18.0 Å². The number of nitrogens with two attached hydrogens (primary N) is 1. The van der Waals surface area contributed by atoms with Gasteiger partial charge in [0.2, 0.25) is 11.9 Å². The molecule has 1 aliphatic heterocycles. The summed E-state index contributed by atoms with van der Waals surface area (Å²) in [5, 5.41) is 10.7. The molecule has 0 saturated carbocycles. The Morgan fingerprint density at radius 1 is 1.24 bits per heavy atom. The van der Waals surface area contributed by atoms with Crippen molar-refractivity contribution in [2.45, 2.75) is 12.5 Å². The largest absolute Gasteiger partial charge is 0.495 e. The summed E-state index contributed by atoms with van der Waals surface area (Å²) in [7, 11) is 3.07. The molecular weight excluding hydrogens is 467 g/mol. The van der Waals surface area contributed by atoms with Gasteiger partial charge in [0.1, 0.15) is 11.5 Å². The summed E-state index contributed by atoms with van der Waals surface area (Å²) in [5.74, 6) is 1.11. The molecule has 1 saturated heterocycles. The Morgan fingerprint density at radius 3 is 2.45 bits per heavy atom. The second-order valence-corrected chi connectivity index (χ2v) is 7.97. The summed E-state index contributed by atoms with van der Waals surface area (Å²) < 4.78 is 10.6. The SMILES string of the molecule is C=CC(=O)N1CCC(O)C1.COc1cc(OC)c(Cl)c(-c2ccc3nc(N)ncc3c2)c1Cl. The van der Waals surface area contributed by atoms with Crippen LogP contribution in [0.25, 0.3) is 22.0 Å². The third kappa shape index (κ3) is 5.47. The van der Waals surface area contributed by atoms with Gasteiger partial charge in [0.15, 0.2) is 0 Å². The number of rotatable bonds is 4. The van der Waals surface area contributed by atoms with E-state index in [4.69, 9.17) is 43.5 Å². The highest BCUT2D eigenvalue weighted by molar-refractivity contribution is 6.41. The number of ether oxygens (including phenoxy) is 2. The minimum absolute atomic E-state index is 0.0865. The van der Waals surface area contributed by atoms with Gasteiger partial charge in [0.25, 0.3) is 0 Å². The Morgan fingerprint density at radius 2 is 1.91 bits per heavy atom. The summed E-state index contributed by atoms with van der Waals surface area (Å²) in [5.41, 5.74) is 7.77. The van der Waals surface area contributed by atoms with Crippen LogP contribution in [0.2, 0.25) is 10.0 Å². The van der Waals surface area contributed by atoms with E-state index < -0.39 is 0 Å². The van der Waals surface area contributed by atoms with Gasteiger partial charge in [-0.2, -0.15) is 0 Å². The monoisotopic (exact) mass is 490 g/mol. The number of aliphatic hydroxyl groups excluding tert-OH is 1. The van der Waals surface area contributed by atoms with Crippen LogP contribution in [0.3, 0.4) is 0 Å². The zero-order valence-corrected chi connectivity index (χ0v) is 19.7. The average Bonchev–Trinajstić information content (AvgIpc) is 3.25. The van der Waals surface area contributed by atoms with Gasteiger partial charge in [-0.15, -0.1) is 0 Å². The van der Waals surface area contributed by atoms with Crippen LogP contribution < -0.4 is 15.2 Å². The van der Waals surface area contributed by atoms with E-state index in [9.17, 15) is 4.79 Å². The molecular formula is C23H24Cl2N4O4. The Kier molecular flexibility index (Phi) is 7.97. The molecule has 174 valence electrons. The number of aromatic nitrogens is 2. The van der Waals surface area contributed by atoms with Gasteiger partial charge in [0, 0.05) is 36.3 Å². The van der Waals surface area contributed by atoms with Crippen LogP contribution in [0.15, 0.2) is 43.1 Å². The zero-order chi connectivity index (χ0) is 24.1. The number of aliphatic hydroxyl groups is 1. The number of halogens is 2. The molecule has 1 unspecified atom stereocenters. The lowest BCUT2D eigenvalue weighted by molar-refractivity contribution is -0.125. The third-order valence-corrected chi connectivity index (χ3v) is 5.86. The van der Waals surface area contributed by atoms with Crippen LogP contribution in [0, 0.1) is 0 Å². The Hall–Kier alpha value is -3.07. The number of β-amino-alcohol motifs (C(OH)–C–C–N with tert-alkyl or cyclic N) is 1. The molecule has 1 fully saturated rings. The van der Waals surface area contributed by atoms with Crippen molar-refractivity contribution in [1.82, 2.24) is 14.9 Å². The predicted octanol–water partition coefficient (Wildman–Crippen LogP) is 3.97. The maximum atomic E-state index is 10.9. The molecule has 0 spiro atoms. The first-order chi connectivity index (χ1) is 15.8. The van der Waals surface area contributed by atoms with Crippen LogP contribution in [-0.4, -0.2) is 59.3 Å². The Bertz CT molecular complexity index is 1160. The summed E-state index contributed by atoms with van der Waals surface area (Å²) in [6.45, 7) is 4.48. The smallest absolute Gasteiger partial charge is 0.246 e. The van der Waals surface area contributed by atoms with E-state index in [2.05, 4.69) is 16.5 Å². The van der Waals surface area contributed by atoms with Crippen LogP contribution in [-0.2, 0) is 4.79 Å². The van der Waals surface area contributed by atoms with Crippen molar-refractivity contribution in [1.29, 1.82) is 0 Å². The predicted molar refractivity (Wildman–Crippen MR) is 130 cm³/mol. The number of nitrogen functional groups attached to an aromatic ring is 1. The lowest BCUT2D eigenvalue weighted by atomic mass is 10.0. The highest BCUT2D eigenvalue weighted by Gasteiger charge is 2.22. The van der Waals surface area contributed by atoms with E-state index in [0.29, 0.717) is 46.6 Å². The van der Waals surface area contributed by atoms with Gasteiger partial charge in [-0.25, -0.2) is 9.97 Å². The van der Waals surface area contributed by atoms with Crippen molar-refractivity contribution in [3.63, 3.8) is 0 Å². The molecule has 1 aromatic heterocycles. The fraction of sp³-hybridized carbons (Fsp3) is 0.261. The number of fused-ring (bicyclic) bond motifs is 1. The number of hydrogen-bond donors (Lipinski definition) is 2. The summed E-state index contributed by atoms with van der Waals surface area (Å²) in [4.78, 5) is 20.6. The van der Waals surface area contributed by atoms with E-state index in [1.807, 2.05) is 18.2 Å². The molecule has 3 aromatic rings. The number of amides is 1. The second-order valence-electron chi connectivity index (χ2n) is 7.22. The van der Waals surface area contributed by atoms with E-state index >= 15 is 0 Å². The molecule has 2 heterocycles. The third-order valence-electron chi connectivity index (χ3n) is 5.11. The second kappa shape index (κ2) is 10.7. The maximum Gasteiger partial charge on any atom is 0.246 e. The number of nitrogens with zero attached hydrogens (tertiary/aromatic N) is 3. The van der Waals surface area contributed by atoms with Gasteiger partial charge in [0.05, 0.1) is 35.9 Å². The number of methoxy groups -OCH3 is 2. The number of carbonyl (C=O) groups excluding carboxylic acids is 1. The van der Waals surface area contributed by atoms with Crippen molar-refractivity contribution in [2.75, 3.05) is 33.0 Å². The first kappa shape index (κ1) is 24.6. The molecule has 1 amide bonds. The van der Waals surface area contributed by atoms with Crippen molar-refractivity contribution in [2.24, 2.45) is 0 Å². The van der Waals surface area contributed by atoms with Gasteiger partial charge in [-0.05, 0) is 30.2 Å². The van der Waals surface area contributed by atoms with Crippen molar-refractivity contribution < 1.29 is 19.4 Å². The molecule has 8 nitrogen and oxygen atoms in total. The quantitative estimate of drug-likeness (QED) is 0.532. The summed E-state index contributed by atoms with van der Waals surface area (Å²) >= 11 is 12.9.